The molecule has 0 fully saturated rings. The van der Waals surface area contributed by atoms with Gasteiger partial charge in [0.2, 0.25) is 5.91 Å². The van der Waals surface area contributed by atoms with E-state index in [0.717, 1.165) is 17.0 Å². The molecule has 2 aromatic rings. The molecule has 0 radical (unpaired) electrons. The predicted molar refractivity (Wildman–Crippen MR) is 115 cm³/mol. The first-order chi connectivity index (χ1) is 14.7. The van der Waals surface area contributed by atoms with Gasteiger partial charge < -0.3 is 29.0 Å². The number of anilines is 1. The van der Waals surface area contributed by atoms with Gasteiger partial charge in [-0.05, 0) is 29.8 Å². The fourth-order valence-corrected chi connectivity index (χ4v) is 2.48. The number of ether oxygens (including phenoxy) is 5. The molecule has 0 heterocycles. The first kappa shape index (κ1) is 23.8. The van der Waals surface area contributed by atoms with Crippen LogP contribution in [0.25, 0.3) is 0 Å². The fourth-order valence-electron chi connectivity index (χ4n) is 2.48. The van der Waals surface area contributed by atoms with E-state index in [1.807, 2.05) is 30.3 Å². The summed E-state index contributed by atoms with van der Waals surface area (Å²) in [5.41, 5.74) is 1.90. The van der Waals surface area contributed by atoms with Crippen molar-refractivity contribution in [3.8, 4) is 5.75 Å². The fraction of sp³-hybridized carbons (Fsp3) is 0.435. The highest BCUT2D eigenvalue weighted by molar-refractivity contribution is 5.88. The average Bonchev–Trinajstić information content (AvgIpc) is 2.75. The number of carbonyl (C=O) groups is 1. The van der Waals surface area contributed by atoms with Gasteiger partial charge in [-0.1, -0.05) is 30.3 Å². The number of nitrogens with one attached hydrogen (secondary N) is 1. The van der Waals surface area contributed by atoms with Crippen LogP contribution in [0, 0.1) is 0 Å². The highest BCUT2D eigenvalue weighted by Crippen LogP contribution is 2.15. The van der Waals surface area contributed by atoms with Crippen molar-refractivity contribution in [2.45, 2.75) is 13.5 Å². The van der Waals surface area contributed by atoms with E-state index in [0.29, 0.717) is 59.5 Å². The lowest BCUT2D eigenvalue weighted by molar-refractivity contribution is -0.114. The number of hydrogen-bond acceptors (Lipinski definition) is 6. The molecule has 7 heteroatoms. The van der Waals surface area contributed by atoms with Crippen LogP contribution in [-0.2, 0) is 30.3 Å². The first-order valence-corrected chi connectivity index (χ1v) is 10.1. The van der Waals surface area contributed by atoms with Gasteiger partial charge in [-0.25, -0.2) is 0 Å². The number of rotatable bonds is 16. The van der Waals surface area contributed by atoms with Crippen LogP contribution in [0.1, 0.15) is 12.5 Å². The van der Waals surface area contributed by atoms with Crippen LogP contribution in [-0.4, -0.2) is 58.8 Å². The third kappa shape index (κ3) is 11.5. The summed E-state index contributed by atoms with van der Waals surface area (Å²) in [5.74, 6) is 0.632. The van der Waals surface area contributed by atoms with Crippen LogP contribution >= 0.6 is 0 Å². The normalized spacial score (nSPS) is 10.7. The van der Waals surface area contributed by atoms with E-state index in [9.17, 15) is 4.79 Å². The molecule has 0 bridgehead atoms. The molecule has 0 aliphatic heterocycles. The van der Waals surface area contributed by atoms with Gasteiger partial charge in [0.05, 0.1) is 52.9 Å². The highest BCUT2D eigenvalue weighted by Gasteiger charge is 1.98. The molecule has 0 saturated heterocycles. The molecule has 0 unspecified atom stereocenters. The maximum Gasteiger partial charge on any atom is 0.221 e. The van der Waals surface area contributed by atoms with Gasteiger partial charge in [-0.2, -0.15) is 0 Å². The monoisotopic (exact) mass is 417 g/mol. The van der Waals surface area contributed by atoms with Crippen LogP contribution in [0.2, 0.25) is 0 Å². The van der Waals surface area contributed by atoms with E-state index in [2.05, 4.69) is 5.32 Å². The minimum atomic E-state index is -0.0984. The molecule has 0 aliphatic rings. The van der Waals surface area contributed by atoms with Crippen molar-refractivity contribution in [2.75, 3.05) is 58.2 Å². The van der Waals surface area contributed by atoms with Crippen molar-refractivity contribution in [1.82, 2.24) is 0 Å². The quantitative estimate of drug-likeness (QED) is 0.423. The van der Waals surface area contributed by atoms with E-state index in [1.165, 1.54) is 6.92 Å². The molecule has 1 N–H and O–H groups in total. The summed E-state index contributed by atoms with van der Waals surface area (Å²) in [6.07, 6.45) is 0. The molecular weight excluding hydrogens is 386 g/mol. The molecule has 0 saturated carbocycles. The predicted octanol–water partition coefficient (Wildman–Crippen LogP) is 3.29. The number of carbonyl (C=O) groups excluding carboxylic acids is 1. The van der Waals surface area contributed by atoms with Gasteiger partial charge in [0.1, 0.15) is 12.4 Å². The van der Waals surface area contributed by atoms with E-state index < -0.39 is 0 Å². The Kier molecular flexibility index (Phi) is 12.2. The highest BCUT2D eigenvalue weighted by atomic mass is 16.6. The maximum absolute atomic E-state index is 11.0. The Labute approximate surface area is 178 Å². The third-order valence-electron chi connectivity index (χ3n) is 3.90. The average molecular weight is 418 g/mol. The summed E-state index contributed by atoms with van der Waals surface area (Å²) in [7, 11) is 0. The number of hydrogen-bond donors (Lipinski definition) is 1. The lowest BCUT2D eigenvalue weighted by Gasteiger charge is -2.09. The zero-order valence-corrected chi connectivity index (χ0v) is 17.5. The third-order valence-corrected chi connectivity index (χ3v) is 3.90. The largest absolute Gasteiger partial charge is 0.491 e. The Hall–Kier alpha value is -2.45. The molecule has 0 aliphatic carbocycles. The Morgan fingerprint density at radius 3 is 1.80 bits per heavy atom. The van der Waals surface area contributed by atoms with Gasteiger partial charge in [0, 0.05) is 12.6 Å². The molecule has 30 heavy (non-hydrogen) atoms. The second-order valence-electron chi connectivity index (χ2n) is 6.43. The number of benzene rings is 2. The molecule has 7 nitrogen and oxygen atoms in total. The van der Waals surface area contributed by atoms with Gasteiger partial charge in [-0.3, -0.25) is 4.79 Å². The summed E-state index contributed by atoms with van der Waals surface area (Å²) in [5, 5.41) is 2.71. The lowest BCUT2D eigenvalue weighted by Crippen LogP contribution is -2.13. The second kappa shape index (κ2) is 15.4. The number of amides is 1. The van der Waals surface area contributed by atoms with E-state index in [1.54, 1.807) is 24.3 Å². The Balaban J connectivity index is 1.33. The van der Waals surface area contributed by atoms with Crippen molar-refractivity contribution in [1.29, 1.82) is 0 Å². The molecule has 0 spiro atoms. The van der Waals surface area contributed by atoms with Gasteiger partial charge >= 0.3 is 0 Å². The van der Waals surface area contributed by atoms with E-state index in [4.69, 9.17) is 23.7 Å². The first-order valence-electron chi connectivity index (χ1n) is 10.1. The Bertz CT molecular complexity index is 693. The molecule has 164 valence electrons. The zero-order chi connectivity index (χ0) is 21.3. The lowest BCUT2D eigenvalue weighted by atomic mass is 10.2. The van der Waals surface area contributed by atoms with Gasteiger partial charge in [0.15, 0.2) is 0 Å². The molecular formula is C23H31NO6. The molecule has 2 rings (SSSR count). The van der Waals surface area contributed by atoms with Crippen molar-refractivity contribution in [3.05, 3.63) is 60.2 Å². The molecule has 0 atom stereocenters. The Morgan fingerprint density at radius 1 is 0.700 bits per heavy atom. The van der Waals surface area contributed by atoms with Crippen LogP contribution in [0.3, 0.4) is 0 Å². The van der Waals surface area contributed by atoms with Crippen LogP contribution in [0.5, 0.6) is 5.75 Å². The van der Waals surface area contributed by atoms with Gasteiger partial charge in [-0.15, -0.1) is 0 Å². The molecule has 0 aromatic heterocycles. The van der Waals surface area contributed by atoms with Crippen molar-refractivity contribution < 1.29 is 28.5 Å². The second-order valence-corrected chi connectivity index (χ2v) is 6.43. The summed E-state index contributed by atoms with van der Waals surface area (Å²) in [6.45, 7) is 6.20. The maximum atomic E-state index is 11.0. The summed E-state index contributed by atoms with van der Waals surface area (Å²) in [4.78, 5) is 11.0. The summed E-state index contributed by atoms with van der Waals surface area (Å²) in [6, 6.07) is 17.3. The minimum absolute atomic E-state index is 0.0984. The van der Waals surface area contributed by atoms with E-state index in [-0.39, 0.29) is 5.91 Å². The standard InChI is InChI=1S/C23H31NO6/c1-20(25)24-22-7-9-23(10-8-22)30-18-17-28-14-13-26-11-12-27-15-16-29-19-21-5-3-2-4-6-21/h2-10H,11-19H2,1H3,(H,24,25). The smallest absolute Gasteiger partial charge is 0.221 e. The van der Waals surface area contributed by atoms with E-state index >= 15 is 0 Å². The van der Waals surface area contributed by atoms with Crippen molar-refractivity contribution in [2.24, 2.45) is 0 Å². The topological polar surface area (TPSA) is 75.3 Å². The van der Waals surface area contributed by atoms with Crippen molar-refractivity contribution >= 4 is 11.6 Å². The van der Waals surface area contributed by atoms with Gasteiger partial charge in [0.25, 0.3) is 0 Å². The van der Waals surface area contributed by atoms with Crippen LogP contribution in [0.4, 0.5) is 5.69 Å². The zero-order valence-electron chi connectivity index (χ0n) is 17.5. The SMILES string of the molecule is CC(=O)Nc1ccc(OCCOCCOCCOCCOCc2ccccc2)cc1. The van der Waals surface area contributed by atoms with Crippen LogP contribution in [0.15, 0.2) is 54.6 Å². The summed E-state index contributed by atoms with van der Waals surface area (Å²) >= 11 is 0. The minimum Gasteiger partial charge on any atom is -0.491 e. The van der Waals surface area contributed by atoms with Crippen LogP contribution < -0.4 is 10.1 Å². The van der Waals surface area contributed by atoms with Crippen molar-refractivity contribution in [3.63, 3.8) is 0 Å². The summed E-state index contributed by atoms with van der Waals surface area (Å²) < 4.78 is 27.5. The molecule has 2 aromatic carbocycles. The Morgan fingerprint density at radius 2 is 1.23 bits per heavy atom. The molecule has 1 amide bonds.